The van der Waals surface area contributed by atoms with E-state index in [2.05, 4.69) is 10.0 Å². The van der Waals surface area contributed by atoms with Crippen LogP contribution in [0.25, 0.3) is 16.0 Å². The van der Waals surface area contributed by atoms with Crippen LogP contribution in [0.15, 0.2) is 35.5 Å². The first-order valence-electron chi connectivity index (χ1n) is 4.21. The van der Waals surface area contributed by atoms with Gasteiger partial charge in [0, 0.05) is 17.0 Å². The smallest absolute Gasteiger partial charge is 0.123 e. The van der Waals surface area contributed by atoms with Gasteiger partial charge in [-0.1, -0.05) is 29.4 Å². The molecular formula is C10H11N3O. The fourth-order valence-corrected chi connectivity index (χ4v) is 1.13. The van der Waals surface area contributed by atoms with Gasteiger partial charge in [0.15, 0.2) is 0 Å². The number of azide groups is 1. The first-order valence-corrected chi connectivity index (χ1v) is 4.21. The molecule has 0 aliphatic carbocycles. The third kappa shape index (κ3) is 2.54. The monoisotopic (exact) mass is 189 g/mol. The van der Waals surface area contributed by atoms with E-state index >= 15 is 0 Å². The molecule has 0 aliphatic rings. The minimum atomic E-state index is 0.238. The largest absolute Gasteiger partial charge is 0.507 e. The van der Waals surface area contributed by atoms with Crippen molar-refractivity contribution in [3.63, 3.8) is 0 Å². The van der Waals surface area contributed by atoms with Gasteiger partial charge in [-0.05, 0) is 24.1 Å². The van der Waals surface area contributed by atoms with Crippen molar-refractivity contribution in [3.8, 4) is 5.75 Å². The summed E-state index contributed by atoms with van der Waals surface area (Å²) in [6, 6.07) is 7.05. The van der Waals surface area contributed by atoms with Gasteiger partial charge >= 0.3 is 0 Å². The fraction of sp³-hybridized carbons (Fsp3) is 0.200. The van der Waals surface area contributed by atoms with Crippen molar-refractivity contribution in [2.75, 3.05) is 6.54 Å². The van der Waals surface area contributed by atoms with Crippen LogP contribution in [0, 0.1) is 0 Å². The summed E-state index contributed by atoms with van der Waals surface area (Å²) >= 11 is 0. The number of allylic oxidation sites excluding steroid dienone is 1. The molecule has 0 heterocycles. The van der Waals surface area contributed by atoms with Gasteiger partial charge in [0.05, 0.1) is 0 Å². The van der Waals surface area contributed by atoms with Crippen LogP contribution < -0.4 is 0 Å². The summed E-state index contributed by atoms with van der Waals surface area (Å²) in [7, 11) is 0. The van der Waals surface area contributed by atoms with Crippen LogP contribution in [0.5, 0.6) is 5.75 Å². The summed E-state index contributed by atoms with van der Waals surface area (Å²) in [4.78, 5) is 2.64. The summed E-state index contributed by atoms with van der Waals surface area (Å²) < 4.78 is 0. The average molecular weight is 189 g/mol. The number of phenols is 1. The summed E-state index contributed by atoms with van der Waals surface area (Å²) in [5.74, 6) is 0.238. The number of hydrogen-bond acceptors (Lipinski definition) is 2. The molecule has 14 heavy (non-hydrogen) atoms. The highest BCUT2D eigenvalue weighted by Gasteiger charge is 1.99. The van der Waals surface area contributed by atoms with Crippen molar-refractivity contribution in [1.82, 2.24) is 0 Å². The molecule has 0 aliphatic heterocycles. The van der Waals surface area contributed by atoms with Gasteiger partial charge in [-0.15, -0.1) is 0 Å². The van der Waals surface area contributed by atoms with E-state index in [1.807, 2.05) is 19.1 Å². The van der Waals surface area contributed by atoms with Crippen molar-refractivity contribution in [2.24, 2.45) is 5.11 Å². The van der Waals surface area contributed by atoms with Crippen molar-refractivity contribution in [3.05, 3.63) is 46.3 Å². The Hall–Kier alpha value is -1.93. The van der Waals surface area contributed by atoms with E-state index in [-0.39, 0.29) is 5.75 Å². The topological polar surface area (TPSA) is 69.0 Å². The molecule has 0 amide bonds. The molecular weight excluding hydrogens is 178 g/mol. The minimum Gasteiger partial charge on any atom is -0.507 e. The van der Waals surface area contributed by atoms with Gasteiger partial charge in [0.2, 0.25) is 0 Å². The molecule has 72 valence electrons. The van der Waals surface area contributed by atoms with Crippen LogP contribution in [0.4, 0.5) is 0 Å². The predicted octanol–water partition coefficient (Wildman–Crippen LogP) is 3.11. The molecule has 0 aromatic heterocycles. The number of rotatable bonds is 3. The lowest BCUT2D eigenvalue weighted by atomic mass is 10.1. The first-order chi connectivity index (χ1) is 6.75. The van der Waals surface area contributed by atoms with Crippen LogP contribution in [0.2, 0.25) is 0 Å². The van der Waals surface area contributed by atoms with E-state index < -0.39 is 0 Å². The minimum absolute atomic E-state index is 0.238. The van der Waals surface area contributed by atoms with E-state index in [4.69, 9.17) is 5.53 Å². The highest BCUT2D eigenvalue weighted by Crippen LogP contribution is 2.23. The van der Waals surface area contributed by atoms with Crippen molar-refractivity contribution in [1.29, 1.82) is 0 Å². The van der Waals surface area contributed by atoms with Crippen molar-refractivity contribution in [2.45, 2.75) is 6.92 Å². The number of aromatic hydroxyl groups is 1. The van der Waals surface area contributed by atoms with E-state index in [1.54, 1.807) is 18.2 Å². The molecule has 0 spiro atoms. The zero-order valence-electron chi connectivity index (χ0n) is 7.88. The van der Waals surface area contributed by atoms with Crippen LogP contribution >= 0.6 is 0 Å². The summed E-state index contributed by atoms with van der Waals surface area (Å²) in [5.41, 5.74) is 9.75. The number of nitrogens with zero attached hydrogens (tertiary/aromatic N) is 3. The maximum Gasteiger partial charge on any atom is 0.123 e. The third-order valence-electron chi connectivity index (χ3n) is 1.87. The van der Waals surface area contributed by atoms with Gasteiger partial charge in [-0.2, -0.15) is 0 Å². The van der Waals surface area contributed by atoms with Gasteiger partial charge in [0.1, 0.15) is 5.75 Å². The molecule has 4 nitrogen and oxygen atoms in total. The highest BCUT2D eigenvalue weighted by molar-refractivity contribution is 5.68. The fourth-order valence-electron chi connectivity index (χ4n) is 1.13. The van der Waals surface area contributed by atoms with Crippen molar-refractivity contribution < 1.29 is 5.11 Å². The van der Waals surface area contributed by atoms with Crippen LogP contribution in [0.3, 0.4) is 0 Å². The molecule has 0 fully saturated rings. The van der Waals surface area contributed by atoms with Crippen LogP contribution in [-0.4, -0.2) is 11.7 Å². The second kappa shape index (κ2) is 4.94. The molecule has 0 radical (unpaired) electrons. The van der Waals surface area contributed by atoms with E-state index in [9.17, 15) is 5.11 Å². The Morgan fingerprint density at radius 1 is 1.57 bits per heavy atom. The number of benzene rings is 1. The van der Waals surface area contributed by atoms with Crippen LogP contribution in [0.1, 0.15) is 12.5 Å². The van der Waals surface area contributed by atoms with E-state index in [0.29, 0.717) is 6.54 Å². The Bertz CT molecular complexity index is 392. The Morgan fingerprint density at radius 2 is 2.29 bits per heavy atom. The van der Waals surface area contributed by atoms with Gasteiger partial charge < -0.3 is 5.11 Å². The zero-order valence-corrected chi connectivity index (χ0v) is 7.88. The third-order valence-corrected chi connectivity index (χ3v) is 1.87. The number of phenolic OH excluding ortho intramolecular Hbond substituents is 1. The van der Waals surface area contributed by atoms with Crippen molar-refractivity contribution >= 4 is 5.57 Å². The zero-order chi connectivity index (χ0) is 10.4. The molecule has 1 aromatic carbocycles. The first kappa shape index (κ1) is 10.2. The molecule has 0 atom stereocenters. The van der Waals surface area contributed by atoms with Crippen LogP contribution in [-0.2, 0) is 0 Å². The molecule has 0 saturated heterocycles. The lowest BCUT2D eigenvalue weighted by molar-refractivity contribution is 0.473. The summed E-state index contributed by atoms with van der Waals surface area (Å²) in [6.07, 6.45) is 1.77. The van der Waals surface area contributed by atoms with E-state index in [0.717, 1.165) is 11.1 Å². The van der Waals surface area contributed by atoms with Gasteiger partial charge in [-0.3, -0.25) is 0 Å². The Labute approximate surface area is 82.1 Å². The Balaban J connectivity index is 2.88. The van der Waals surface area contributed by atoms with Gasteiger partial charge in [-0.25, -0.2) is 0 Å². The lowest BCUT2D eigenvalue weighted by Gasteiger charge is -2.03. The number of hydrogen-bond donors (Lipinski definition) is 1. The van der Waals surface area contributed by atoms with E-state index in [1.165, 1.54) is 0 Å². The second-order valence-electron chi connectivity index (χ2n) is 2.82. The standard InChI is InChI=1S/C10H11N3O/c1-8(6-7-12-13-11)9-4-2-3-5-10(9)14/h2-6,14H,7H2,1H3/b8-6+. The molecule has 0 saturated carbocycles. The summed E-state index contributed by atoms with van der Waals surface area (Å²) in [5, 5.41) is 12.9. The molecule has 1 N–H and O–H groups in total. The maximum atomic E-state index is 9.49. The number of para-hydroxylation sites is 1. The SMILES string of the molecule is C/C(=C\CN=[N+]=[N-])c1ccccc1O. The normalized spacial score (nSPS) is 10.8. The predicted molar refractivity (Wildman–Crippen MR) is 55.8 cm³/mol. The average Bonchev–Trinajstić information content (AvgIpc) is 2.18. The molecule has 0 unspecified atom stereocenters. The Kier molecular flexibility index (Phi) is 3.58. The maximum absolute atomic E-state index is 9.49. The lowest BCUT2D eigenvalue weighted by Crippen LogP contribution is -1.81. The quantitative estimate of drug-likeness (QED) is 0.443. The molecule has 0 bridgehead atoms. The second-order valence-corrected chi connectivity index (χ2v) is 2.82. The molecule has 4 heteroatoms. The summed E-state index contributed by atoms with van der Waals surface area (Å²) in [6.45, 7) is 2.17. The highest BCUT2D eigenvalue weighted by atomic mass is 16.3. The molecule has 1 rings (SSSR count). The Morgan fingerprint density at radius 3 is 2.93 bits per heavy atom. The van der Waals surface area contributed by atoms with Gasteiger partial charge in [0.25, 0.3) is 0 Å². The molecule has 1 aromatic rings.